The SMILES string of the molecule is CO/N=C/[C@H]1CN(c2noc3c(F)c(N4C[C@@H](C)O[C@H](C)C4)c(C4OCCO4)cc23)C(=O)O1. The molecule has 0 saturated carbocycles. The molecule has 2 aromatic rings. The van der Waals surface area contributed by atoms with Gasteiger partial charge in [0.1, 0.15) is 7.11 Å². The van der Waals surface area contributed by atoms with Crippen LogP contribution >= 0.6 is 0 Å². The van der Waals surface area contributed by atoms with E-state index in [1.54, 1.807) is 6.07 Å². The minimum atomic E-state index is -0.748. The number of oxime groups is 1. The summed E-state index contributed by atoms with van der Waals surface area (Å²) in [6, 6.07) is 1.71. The van der Waals surface area contributed by atoms with Crippen molar-refractivity contribution in [3.8, 4) is 0 Å². The number of cyclic esters (lactones) is 1. The standard InChI is InChI=1S/C21H25FN4O7/c1-11-8-25(9-12(2)31-11)17-14(20-29-4-5-30-20)6-15-18(16(17)22)33-24-19(15)26-10-13(7-23-28-3)32-21(26)27/h6-7,11-13,20H,4-5,8-10H2,1-3H3/b23-7+/t11-,12-,13+/m1/s1. The zero-order valence-electron chi connectivity index (χ0n) is 18.5. The van der Waals surface area contributed by atoms with E-state index in [2.05, 4.69) is 15.1 Å². The van der Waals surface area contributed by atoms with Crippen molar-refractivity contribution in [3.63, 3.8) is 0 Å². The second-order valence-corrected chi connectivity index (χ2v) is 8.22. The maximum absolute atomic E-state index is 16.0. The molecule has 11 nitrogen and oxygen atoms in total. The molecule has 3 saturated heterocycles. The van der Waals surface area contributed by atoms with Crippen molar-refractivity contribution in [2.45, 2.75) is 38.4 Å². The van der Waals surface area contributed by atoms with E-state index >= 15 is 4.39 Å². The Morgan fingerprint density at radius 2 is 1.94 bits per heavy atom. The molecule has 1 amide bonds. The molecule has 3 atom stereocenters. The monoisotopic (exact) mass is 464 g/mol. The number of hydrogen-bond donors (Lipinski definition) is 0. The molecule has 3 fully saturated rings. The fourth-order valence-electron chi connectivity index (χ4n) is 4.49. The van der Waals surface area contributed by atoms with Gasteiger partial charge in [0.25, 0.3) is 0 Å². The van der Waals surface area contributed by atoms with E-state index in [9.17, 15) is 4.79 Å². The zero-order chi connectivity index (χ0) is 23.1. The highest BCUT2D eigenvalue weighted by Crippen LogP contribution is 2.42. The van der Waals surface area contributed by atoms with Gasteiger partial charge in [0, 0.05) is 18.7 Å². The molecular formula is C21H25FN4O7. The number of amides is 1. The van der Waals surface area contributed by atoms with Gasteiger partial charge < -0.3 is 33.2 Å². The van der Waals surface area contributed by atoms with E-state index in [1.807, 2.05) is 18.7 Å². The number of hydrogen-bond acceptors (Lipinski definition) is 10. The Morgan fingerprint density at radius 1 is 1.21 bits per heavy atom. The molecule has 12 heteroatoms. The van der Waals surface area contributed by atoms with Crippen LogP contribution in [0.25, 0.3) is 11.0 Å². The van der Waals surface area contributed by atoms with Crippen molar-refractivity contribution in [2.24, 2.45) is 5.16 Å². The van der Waals surface area contributed by atoms with Gasteiger partial charge in [-0.05, 0) is 19.9 Å². The second-order valence-electron chi connectivity index (χ2n) is 8.22. The van der Waals surface area contributed by atoms with Crippen LogP contribution in [0.15, 0.2) is 15.7 Å². The number of carbonyl (C=O) groups is 1. The predicted molar refractivity (Wildman–Crippen MR) is 114 cm³/mol. The van der Waals surface area contributed by atoms with Crippen molar-refractivity contribution in [2.75, 3.05) is 49.8 Å². The number of rotatable bonds is 5. The van der Waals surface area contributed by atoms with Crippen LogP contribution in [0.4, 0.5) is 20.7 Å². The number of halogens is 1. The molecule has 33 heavy (non-hydrogen) atoms. The van der Waals surface area contributed by atoms with E-state index in [-0.39, 0.29) is 30.2 Å². The van der Waals surface area contributed by atoms with Gasteiger partial charge in [-0.25, -0.2) is 9.18 Å². The molecule has 0 radical (unpaired) electrons. The van der Waals surface area contributed by atoms with Crippen molar-refractivity contribution in [3.05, 3.63) is 17.4 Å². The lowest BCUT2D eigenvalue weighted by Crippen LogP contribution is -2.46. The van der Waals surface area contributed by atoms with Crippen molar-refractivity contribution in [1.29, 1.82) is 0 Å². The minimum Gasteiger partial charge on any atom is -0.438 e. The van der Waals surface area contributed by atoms with Crippen LogP contribution in [0, 0.1) is 5.82 Å². The summed E-state index contributed by atoms with van der Waals surface area (Å²) in [6.45, 7) is 5.79. The first-order chi connectivity index (χ1) is 16.0. The maximum atomic E-state index is 16.0. The van der Waals surface area contributed by atoms with Crippen LogP contribution in [0.5, 0.6) is 0 Å². The number of benzene rings is 1. The molecule has 178 valence electrons. The lowest BCUT2D eigenvalue weighted by atomic mass is 10.0. The number of aromatic nitrogens is 1. The van der Waals surface area contributed by atoms with Crippen molar-refractivity contribution >= 4 is 34.8 Å². The van der Waals surface area contributed by atoms with Crippen LogP contribution in [-0.2, 0) is 23.8 Å². The van der Waals surface area contributed by atoms with E-state index in [0.29, 0.717) is 42.9 Å². The minimum absolute atomic E-state index is 0.0599. The normalized spacial score (nSPS) is 26.7. The number of morpholine rings is 1. The third kappa shape index (κ3) is 3.98. The average molecular weight is 464 g/mol. The molecule has 0 N–H and O–H groups in total. The fourth-order valence-corrected chi connectivity index (χ4v) is 4.49. The average Bonchev–Trinajstić information content (AvgIpc) is 3.51. The molecule has 5 rings (SSSR count). The van der Waals surface area contributed by atoms with Gasteiger partial charge in [-0.15, -0.1) is 0 Å². The number of carbonyl (C=O) groups excluding carboxylic acids is 1. The predicted octanol–water partition coefficient (Wildman–Crippen LogP) is 2.58. The Bertz CT molecular complexity index is 1060. The first-order valence-electron chi connectivity index (χ1n) is 10.8. The second kappa shape index (κ2) is 8.76. The molecule has 3 aliphatic heterocycles. The molecule has 0 unspecified atom stereocenters. The quantitative estimate of drug-likeness (QED) is 0.487. The van der Waals surface area contributed by atoms with Crippen molar-refractivity contribution in [1.82, 2.24) is 5.16 Å². The van der Waals surface area contributed by atoms with Gasteiger partial charge in [0.05, 0.1) is 49.3 Å². The number of fused-ring (bicyclic) bond motifs is 1. The number of nitrogens with zero attached hydrogens (tertiary/aromatic N) is 4. The van der Waals surface area contributed by atoms with Crippen molar-refractivity contribution < 1.29 is 37.5 Å². The first kappa shape index (κ1) is 21.9. The van der Waals surface area contributed by atoms with E-state index in [4.69, 9.17) is 23.5 Å². The lowest BCUT2D eigenvalue weighted by molar-refractivity contribution is -0.0445. The number of anilines is 2. The van der Waals surface area contributed by atoms with E-state index in [0.717, 1.165) is 0 Å². The third-order valence-corrected chi connectivity index (χ3v) is 5.72. The van der Waals surface area contributed by atoms with Crippen LogP contribution < -0.4 is 9.80 Å². The van der Waals surface area contributed by atoms with Gasteiger partial charge in [0.2, 0.25) is 5.58 Å². The highest BCUT2D eigenvalue weighted by Gasteiger charge is 2.38. The van der Waals surface area contributed by atoms with Gasteiger partial charge in [-0.1, -0.05) is 10.3 Å². The Morgan fingerprint density at radius 3 is 2.64 bits per heavy atom. The van der Waals surface area contributed by atoms with Crippen LogP contribution in [0.3, 0.4) is 0 Å². The number of ether oxygens (including phenoxy) is 4. The topological polar surface area (TPSA) is 108 Å². The summed E-state index contributed by atoms with van der Waals surface area (Å²) in [4.78, 5) is 20.3. The summed E-state index contributed by atoms with van der Waals surface area (Å²) in [6.07, 6.45) is -0.832. The summed E-state index contributed by atoms with van der Waals surface area (Å²) in [5.74, 6) is -0.441. The van der Waals surface area contributed by atoms with Crippen LogP contribution in [-0.4, -0.2) is 75.7 Å². The third-order valence-electron chi connectivity index (χ3n) is 5.72. The molecule has 0 aliphatic carbocycles. The Labute approximate surface area is 188 Å². The summed E-state index contributed by atoms with van der Waals surface area (Å²) in [7, 11) is 1.39. The van der Waals surface area contributed by atoms with Crippen LogP contribution in [0.1, 0.15) is 25.7 Å². The fraction of sp³-hybridized carbons (Fsp3) is 0.571. The van der Waals surface area contributed by atoms with E-state index in [1.165, 1.54) is 18.2 Å². The highest BCUT2D eigenvalue weighted by molar-refractivity contribution is 6.01. The summed E-state index contributed by atoms with van der Waals surface area (Å²) in [5, 5.41) is 7.96. The Hall–Kier alpha value is -2.96. The van der Waals surface area contributed by atoms with Gasteiger partial charge >= 0.3 is 6.09 Å². The van der Waals surface area contributed by atoms with E-state index < -0.39 is 24.3 Å². The zero-order valence-corrected chi connectivity index (χ0v) is 18.5. The molecule has 1 aromatic heterocycles. The first-order valence-corrected chi connectivity index (χ1v) is 10.8. The smallest absolute Gasteiger partial charge is 0.416 e. The van der Waals surface area contributed by atoms with Gasteiger partial charge in [-0.3, -0.25) is 4.90 Å². The summed E-state index contributed by atoms with van der Waals surface area (Å²) in [5.41, 5.74) is 0.775. The largest absolute Gasteiger partial charge is 0.438 e. The Kier molecular flexibility index (Phi) is 5.81. The summed E-state index contributed by atoms with van der Waals surface area (Å²) >= 11 is 0. The maximum Gasteiger partial charge on any atom is 0.416 e. The Balaban J connectivity index is 1.58. The highest BCUT2D eigenvalue weighted by atomic mass is 19.1. The lowest BCUT2D eigenvalue weighted by Gasteiger charge is -2.38. The molecule has 1 aromatic carbocycles. The van der Waals surface area contributed by atoms with Gasteiger partial charge in [0.15, 0.2) is 24.0 Å². The van der Waals surface area contributed by atoms with Crippen LogP contribution in [0.2, 0.25) is 0 Å². The molecule has 3 aliphatic rings. The molecule has 0 bridgehead atoms. The molecular weight excluding hydrogens is 439 g/mol. The summed E-state index contributed by atoms with van der Waals surface area (Å²) < 4.78 is 43.9. The van der Waals surface area contributed by atoms with Gasteiger partial charge in [-0.2, -0.15) is 0 Å². The molecule has 0 spiro atoms. The molecule has 4 heterocycles.